The Morgan fingerprint density at radius 2 is 2.31 bits per heavy atom. The smallest absolute Gasteiger partial charge is 0.0738 e. The monoisotopic (exact) mass is 245 g/mol. The van der Waals surface area contributed by atoms with Crippen molar-refractivity contribution in [2.24, 2.45) is 18.7 Å². The summed E-state index contributed by atoms with van der Waals surface area (Å²) < 4.78 is 1.84. The van der Waals surface area contributed by atoms with Gasteiger partial charge in [0.05, 0.1) is 11.9 Å². The summed E-state index contributed by atoms with van der Waals surface area (Å²) in [5.41, 5.74) is 6.87. The lowest BCUT2D eigenvalue weighted by atomic mass is 10.1. The van der Waals surface area contributed by atoms with Crippen molar-refractivity contribution < 1.29 is 0 Å². The van der Waals surface area contributed by atoms with E-state index in [9.17, 15) is 0 Å². The Hall–Kier alpha value is -0.650. The molecule has 0 spiro atoms. The Bertz CT molecular complexity index is 327. The Morgan fingerprint density at radius 1 is 1.56 bits per heavy atom. The van der Waals surface area contributed by atoms with Gasteiger partial charge in [0.2, 0.25) is 0 Å². The molecular formula is C10H20ClN5. The third-order valence-electron chi connectivity index (χ3n) is 3.30. The van der Waals surface area contributed by atoms with E-state index in [0.29, 0.717) is 12.0 Å². The van der Waals surface area contributed by atoms with Crippen LogP contribution in [0.2, 0.25) is 0 Å². The molecule has 0 aromatic carbocycles. The van der Waals surface area contributed by atoms with Crippen LogP contribution in [0.5, 0.6) is 0 Å². The van der Waals surface area contributed by atoms with E-state index in [1.54, 1.807) is 0 Å². The summed E-state index contributed by atoms with van der Waals surface area (Å²) in [7, 11) is 1.93. The molecular weight excluding hydrogens is 226 g/mol. The topological polar surface area (TPSA) is 60.0 Å². The van der Waals surface area contributed by atoms with Gasteiger partial charge in [-0.15, -0.1) is 17.5 Å². The zero-order chi connectivity index (χ0) is 10.8. The molecule has 1 aromatic heterocycles. The molecule has 5 nitrogen and oxygen atoms in total. The van der Waals surface area contributed by atoms with Crippen LogP contribution in [-0.4, -0.2) is 39.0 Å². The lowest BCUT2D eigenvalue weighted by molar-refractivity contribution is 0.249. The molecule has 92 valence electrons. The Labute approximate surface area is 102 Å². The van der Waals surface area contributed by atoms with E-state index < -0.39 is 0 Å². The van der Waals surface area contributed by atoms with E-state index in [2.05, 4.69) is 22.1 Å². The van der Waals surface area contributed by atoms with Crippen LogP contribution in [-0.2, 0) is 13.6 Å². The molecule has 1 aliphatic heterocycles. The summed E-state index contributed by atoms with van der Waals surface area (Å²) in [5.74, 6) is 0.654. The van der Waals surface area contributed by atoms with Crippen LogP contribution in [0, 0.1) is 5.92 Å². The molecule has 2 heterocycles. The maximum absolute atomic E-state index is 5.70. The Kier molecular flexibility index (Phi) is 4.70. The van der Waals surface area contributed by atoms with Crippen molar-refractivity contribution in [1.82, 2.24) is 19.9 Å². The van der Waals surface area contributed by atoms with Gasteiger partial charge in [0.25, 0.3) is 0 Å². The van der Waals surface area contributed by atoms with E-state index in [1.807, 2.05) is 17.9 Å². The van der Waals surface area contributed by atoms with Gasteiger partial charge in [-0.3, -0.25) is 9.58 Å². The average Bonchev–Trinajstić information content (AvgIpc) is 2.76. The number of nitrogens with zero attached hydrogens (tertiary/aromatic N) is 4. The molecule has 1 aliphatic rings. The fourth-order valence-electron chi connectivity index (χ4n) is 2.27. The highest BCUT2D eigenvalue weighted by molar-refractivity contribution is 5.85. The van der Waals surface area contributed by atoms with Gasteiger partial charge in [0.15, 0.2) is 0 Å². The predicted molar refractivity (Wildman–Crippen MR) is 65.3 cm³/mol. The second-order valence-electron chi connectivity index (χ2n) is 4.46. The van der Waals surface area contributed by atoms with Crippen LogP contribution in [0.4, 0.5) is 0 Å². The quantitative estimate of drug-likeness (QED) is 0.838. The molecule has 1 saturated heterocycles. The van der Waals surface area contributed by atoms with E-state index in [0.717, 1.165) is 19.6 Å². The fourth-order valence-corrected chi connectivity index (χ4v) is 2.27. The van der Waals surface area contributed by atoms with E-state index in [-0.39, 0.29) is 12.4 Å². The maximum Gasteiger partial charge on any atom is 0.0738 e. The van der Waals surface area contributed by atoms with Gasteiger partial charge in [0.1, 0.15) is 0 Å². The first kappa shape index (κ1) is 13.4. The van der Waals surface area contributed by atoms with Gasteiger partial charge in [-0.25, -0.2) is 0 Å². The first-order valence-electron chi connectivity index (χ1n) is 5.48. The van der Waals surface area contributed by atoms with E-state index in [4.69, 9.17) is 5.73 Å². The highest BCUT2D eigenvalue weighted by atomic mass is 35.5. The summed E-state index contributed by atoms with van der Waals surface area (Å²) in [4.78, 5) is 2.45. The highest BCUT2D eigenvalue weighted by Crippen LogP contribution is 2.23. The minimum atomic E-state index is 0. The molecule has 2 rings (SSSR count). The van der Waals surface area contributed by atoms with Crippen LogP contribution >= 0.6 is 12.4 Å². The highest BCUT2D eigenvalue weighted by Gasteiger charge is 2.28. The molecule has 16 heavy (non-hydrogen) atoms. The number of aryl methyl sites for hydroxylation is 1. The van der Waals surface area contributed by atoms with Crippen LogP contribution in [0.1, 0.15) is 19.0 Å². The molecule has 0 amide bonds. The van der Waals surface area contributed by atoms with Crippen molar-refractivity contribution >= 4 is 12.4 Å². The summed E-state index contributed by atoms with van der Waals surface area (Å²) >= 11 is 0. The van der Waals surface area contributed by atoms with Gasteiger partial charge < -0.3 is 5.73 Å². The molecule has 1 aromatic rings. The second-order valence-corrected chi connectivity index (χ2v) is 4.46. The largest absolute Gasteiger partial charge is 0.330 e. The number of rotatable bonds is 3. The molecule has 1 fully saturated rings. The number of hydrogen-bond donors (Lipinski definition) is 1. The lowest BCUT2D eigenvalue weighted by Crippen LogP contribution is -2.28. The van der Waals surface area contributed by atoms with Gasteiger partial charge in [0, 0.05) is 26.2 Å². The molecule has 6 heteroatoms. The SMILES string of the molecule is CC1CC(CN)CN1Cc1cnnn1C.Cl. The molecule has 0 aliphatic carbocycles. The molecule has 2 N–H and O–H groups in total. The number of nitrogens with two attached hydrogens (primary N) is 1. The van der Waals surface area contributed by atoms with Crippen molar-refractivity contribution in [3.63, 3.8) is 0 Å². The zero-order valence-corrected chi connectivity index (χ0v) is 10.7. The van der Waals surface area contributed by atoms with Crippen LogP contribution in [0.15, 0.2) is 6.20 Å². The van der Waals surface area contributed by atoms with Crippen LogP contribution in [0.3, 0.4) is 0 Å². The standard InChI is InChI=1S/C10H19N5.ClH/c1-8-3-9(4-11)6-15(8)7-10-5-12-13-14(10)2;/h5,8-9H,3-4,6-7,11H2,1-2H3;1H. The first-order chi connectivity index (χ1) is 7.20. The number of hydrogen-bond acceptors (Lipinski definition) is 4. The normalized spacial score (nSPS) is 25.7. The Morgan fingerprint density at radius 3 is 2.81 bits per heavy atom. The summed E-state index contributed by atoms with van der Waals surface area (Å²) in [6, 6.07) is 0.619. The third-order valence-corrected chi connectivity index (χ3v) is 3.30. The van der Waals surface area contributed by atoms with E-state index in [1.165, 1.54) is 12.1 Å². The molecule has 0 bridgehead atoms. The lowest BCUT2D eigenvalue weighted by Gasteiger charge is -2.20. The van der Waals surface area contributed by atoms with Gasteiger partial charge >= 0.3 is 0 Å². The third kappa shape index (κ3) is 2.72. The maximum atomic E-state index is 5.70. The summed E-state index contributed by atoms with van der Waals surface area (Å²) in [5, 5.41) is 7.83. The predicted octanol–water partition coefficient (Wildman–Crippen LogP) is 0.406. The van der Waals surface area contributed by atoms with Crippen LogP contribution in [0.25, 0.3) is 0 Å². The van der Waals surface area contributed by atoms with Crippen molar-refractivity contribution in [1.29, 1.82) is 0 Å². The zero-order valence-electron chi connectivity index (χ0n) is 9.83. The number of halogens is 1. The van der Waals surface area contributed by atoms with Gasteiger partial charge in [-0.2, -0.15) is 0 Å². The number of likely N-dealkylation sites (tertiary alicyclic amines) is 1. The van der Waals surface area contributed by atoms with Crippen molar-refractivity contribution in [2.45, 2.75) is 25.9 Å². The van der Waals surface area contributed by atoms with Gasteiger partial charge in [-0.05, 0) is 25.8 Å². The minimum Gasteiger partial charge on any atom is -0.330 e. The van der Waals surface area contributed by atoms with Crippen molar-refractivity contribution in [2.75, 3.05) is 13.1 Å². The van der Waals surface area contributed by atoms with Crippen molar-refractivity contribution in [3.05, 3.63) is 11.9 Å². The van der Waals surface area contributed by atoms with Crippen molar-refractivity contribution in [3.8, 4) is 0 Å². The number of aromatic nitrogens is 3. The fraction of sp³-hybridized carbons (Fsp3) is 0.800. The molecule has 2 atom stereocenters. The second kappa shape index (κ2) is 5.61. The first-order valence-corrected chi connectivity index (χ1v) is 5.48. The minimum absolute atomic E-state index is 0. The van der Waals surface area contributed by atoms with E-state index >= 15 is 0 Å². The molecule has 0 radical (unpaired) electrons. The summed E-state index contributed by atoms with van der Waals surface area (Å²) in [6.07, 6.45) is 3.05. The van der Waals surface area contributed by atoms with Gasteiger partial charge in [-0.1, -0.05) is 5.21 Å². The average molecular weight is 246 g/mol. The Balaban J connectivity index is 0.00000128. The molecule has 2 unspecified atom stereocenters. The van der Waals surface area contributed by atoms with Crippen LogP contribution < -0.4 is 5.73 Å². The molecule has 0 saturated carbocycles. The summed E-state index contributed by atoms with van der Waals surface area (Å²) in [6.45, 7) is 5.09.